The highest BCUT2D eigenvalue weighted by atomic mass is 35.5. The van der Waals surface area contributed by atoms with Crippen LogP contribution in [0.3, 0.4) is 0 Å². The lowest BCUT2D eigenvalue weighted by molar-refractivity contribution is -0.137. The van der Waals surface area contributed by atoms with Gasteiger partial charge in [-0.1, -0.05) is 11.6 Å². The molecule has 0 bridgehead atoms. The van der Waals surface area contributed by atoms with Crippen molar-refractivity contribution in [1.29, 1.82) is 0 Å². The average Bonchev–Trinajstić information content (AvgIpc) is 2.22. The van der Waals surface area contributed by atoms with Crippen LogP contribution in [-0.4, -0.2) is 29.5 Å². The van der Waals surface area contributed by atoms with Crippen LogP contribution in [-0.2, 0) is 6.18 Å². The Hall–Kier alpha value is -1.14. The smallest absolute Gasteiger partial charge is 0.416 e. The number of benzene rings is 1. The molecule has 0 saturated carbocycles. The van der Waals surface area contributed by atoms with Crippen molar-refractivity contribution >= 4 is 28.6 Å². The highest BCUT2D eigenvalue weighted by molar-refractivity contribution is 6.62. The number of halogens is 5. The van der Waals surface area contributed by atoms with E-state index in [1.807, 2.05) is 0 Å². The van der Waals surface area contributed by atoms with Crippen molar-refractivity contribution in [3.05, 3.63) is 28.8 Å². The summed E-state index contributed by atoms with van der Waals surface area (Å²) in [5, 5.41) is -0.705. The van der Waals surface area contributed by atoms with Gasteiger partial charge in [-0.25, -0.2) is 0 Å². The van der Waals surface area contributed by atoms with Gasteiger partial charge in [-0.3, -0.25) is 4.79 Å². The Labute approximate surface area is 116 Å². The molecule has 2 rings (SSSR count). The minimum Gasteiger partial charge on any atom is -0.485 e. The Morgan fingerprint density at radius 1 is 1.37 bits per heavy atom. The van der Waals surface area contributed by atoms with Gasteiger partial charge in [-0.05, 0) is 29.8 Å². The van der Waals surface area contributed by atoms with Gasteiger partial charge in [-0.15, -0.1) is 0 Å². The predicted octanol–water partition coefficient (Wildman–Crippen LogP) is 3.78. The highest BCUT2D eigenvalue weighted by Gasteiger charge is 2.33. The van der Waals surface area contributed by atoms with Crippen LogP contribution in [0.4, 0.5) is 18.0 Å². The Bertz CT molecular complexity index is 501. The molecule has 1 aliphatic heterocycles. The van der Waals surface area contributed by atoms with Crippen molar-refractivity contribution in [2.45, 2.75) is 12.3 Å². The van der Waals surface area contributed by atoms with Crippen molar-refractivity contribution in [2.24, 2.45) is 0 Å². The molecular weight excluding hydrogens is 306 g/mol. The van der Waals surface area contributed by atoms with Crippen LogP contribution >= 0.6 is 23.2 Å². The summed E-state index contributed by atoms with van der Waals surface area (Å²) in [5.74, 6) is 0.154. The molecule has 0 aromatic heterocycles. The SMILES string of the molecule is O=C(Cl)N1CC(Oc2ccc(C(F)(F)F)cc2Cl)C1. The first-order valence-corrected chi connectivity index (χ1v) is 6.01. The molecule has 0 aliphatic carbocycles. The maximum Gasteiger partial charge on any atom is 0.416 e. The topological polar surface area (TPSA) is 29.5 Å². The van der Waals surface area contributed by atoms with E-state index in [4.69, 9.17) is 27.9 Å². The summed E-state index contributed by atoms with van der Waals surface area (Å²) in [6.07, 6.45) is -4.75. The van der Waals surface area contributed by atoms with E-state index in [1.54, 1.807) is 0 Å². The van der Waals surface area contributed by atoms with Crippen molar-refractivity contribution < 1.29 is 22.7 Å². The second kappa shape index (κ2) is 5.09. The maximum absolute atomic E-state index is 12.4. The first-order chi connectivity index (χ1) is 8.77. The molecule has 19 heavy (non-hydrogen) atoms. The van der Waals surface area contributed by atoms with Crippen molar-refractivity contribution in [2.75, 3.05) is 13.1 Å². The third-order valence-electron chi connectivity index (χ3n) is 2.65. The fraction of sp³-hybridized carbons (Fsp3) is 0.364. The Morgan fingerprint density at radius 2 is 2.00 bits per heavy atom. The lowest BCUT2D eigenvalue weighted by Crippen LogP contribution is -2.54. The molecule has 1 fully saturated rings. The van der Waals surface area contributed by atoms with Crippen molar-refractivity contribution in [3.8, 4) is 5.75 Å². The molecule has 8 heteroatoms. The van der Waals surface area contributed by atoms with E-state index >= 15 is 0 Å². The molecule has 0 N–H and O–H groups in total. The molecule has 0 spiro atoms. The number of rotatable bonds is 2. The summed E-state index contributed by atoms with van der Waals surface area (Å²) in [4.78, 5) is 12.1. The molecule has 0 unspecified atom stereocenters. The van der Waals surface area contributed by atoms with E-state index in [0.717, 1.165) is 18.2 Å². The zero-order chi connectivity index (χ0) is 14.2. The second-order valence-corrected chi connectivity index (χ2v) is 4.77. The quantitative estimate of drug-likeness (QED) is 0.614. The first-order valence-electron chi connectivity index (χ1n) is 5.25. The first kappa shape index (κ1) is 14.3. The lowest BCUT2D eigenvalue weighted by atomic mass is 10.1. The molecule has 3 nitrogen and oxygen atoms in total. The number of hydrogen-bond donors (Lipinski definition) is 0. The van der Waals surface area contributed by atoms with Gasteiger partial charge in [0.1, 0.15) is 11.9 Å². The normalized spacial score (nSPS) is 16.2. The van der Waals surface area contributed by atoms with Gasteiger partial charge in [0, 0.05) is 0 Å². The van der Waals surface area contributed by atoms with E-state index in [1.165, 1.54) is 4.90 Å². The molecule has 104 valence electrons. The number of nitrogens with zero attached hydrogens (tertiary/aromatic N) is 1. The molecule has 1 aliphatic rings. The van der Waals surface area contributed by atoms with Crippen LogP contribution in [0.2, 0.25) is 5.02 Å². The number of amides is 1. The van der Waals surface area contributed by atoms with Crippen molar-refractivity contribution in [1.82, 2.24) is 4.90 Å². The third kappa shape index (κ3) is 3.25. The van der Waals surface area contributed by atoms with E-state index < -0.39 is 17.1 Å². The fourth-order valence-electron chi connectivity index (χ4n) is 1.61. The summed E-state index contributed by atoms with van der Waals surface area (Å²) in [5.41, 5.74) is -0.837. The molecule has 0 atom stereocenters. The largest absolute Gasteiger partial charge is 0.485 e. The molecular formula is C11H8Cl2F3NO2. The molecule has 1 amide bonds. The maximum atomic E-state index is 12.4. The van der Waals surface area contributed by atoms with E-state index in [2.05, 4.69) is 0 Å². The number of hydrogen-bond acceptors (Lipinski definition) is 2. The van der Waals surface area contributed by atoms with Gasteiger partial charge in [0.25, 0.3) is 0 Å². The standard InChI is InChI=1S/C11H8Cl2F3NO2/c12-8-3-6(11(14,15)16)1-2-9(8)19-7-4-17(5-7)10(13)18/h1-3,7H,4-5H2. The van der Waals surface area contributed by atoms with Crippen LogP contribution in [0.25, 0.3) is 0 Å². The minimum absolute atomic E-state index is 0.120. The van der Waals surface area contributed by atoms with Crippen LogP contribution in [0.15, 0.2) is 18.2 Å². The second-order valence-electron chi connectivity index (χ2n) is 4.04. The number of carbonyl (C=O) groups excluding carboxylic acids is 1. The molecule has 1 saturated heterocycles. The zero-order valence-corrected chi connectivity index (χ0v) is 10.9. The van der Waals surface area contributed by atoms with Gasteiger partial charge in [0.15, 0.2) is 0 Å². The predicted molar refractivity (Wildman–Crippen MR) is 63.7 cm³/mol. The van der Waals surface area contributed by atoms with Gasteiger partial charge in [0.05, 0.1) is 23.7 Å². The average molecular weight is 314 g/mol. The molecule has 0 radical (unpaired) electrons. The summed E-state index contributed by atoms with van der Waals surface area (Å²) in [6, 6.07) is 2.86. The highest BCUT2D eigenvalue weighted by Crippen LogP contribution is 2.35. The number of ether oxygens (including phenoxy) is 1. The Morgan fingerprint density at radius 3 is 2.47 bits per heavy atom. The van der Waals surface area contributed by atoms with Crippen LogP contribution in [0, 0.1) is 0 Å². The number of carbonyl (C=O) groups is 1. The van der Waals surface area contributed by atoms with Crippen molar-refractivity contribution in [3.63, 3.8) is 0 Å². The van der Waals surface area contributed by atoms with Crippen LogP contribution in [0.5, 0.6) is 5.75 Å². The Kier molecular flexibility index (Phi) is 3.82. The summed E-state index contributed by atoms with van der Waals surface area (Å²) in [7, 11) is 0. The Balaban J connectivity index is 2.01. The number of likely N-dealkylation sites (tertiary alicyclic amines) is 1. The third-order valence-corrected chi connectivity index (χ3v) is 3.18. The van der Waals surface area contributed by atoms with Crippen LogP contribution in [0.1, 0.15) is 5.56 Å². The molecule has 1 aromatic carbocycles. The van der Waals surface area contributed by atoms with Crippen LogP contribution < -0.4 is 4.74 Å². The summed E-state index contributed by atoms with van der Waals surface area (Å²) >= 11 is 11.0. The van der Waals surface area contributed by atoms with E-state index in [0.29, 0.717) is 13.1 Å². The van der Waals surface area contributed by atoms with Gasteiger partial charge in [0.2, 0.25) is 0 Å². The molecule has 1 heterocycles. The number of alkyl halides is 3. The lowest BCUT2D eigenvalue weighted by Gasteiger charge is -2.37. The molecule has 1 aromatic rings. The summed E-state index contributed by atoms with van der Waals surface area (Å²) in [6.45, 7) is 0.583. The van der Waals surface area contributed by atoms with Gasteiger partial charge >= 0.3 is 11.5 Å². The van der Waals surface area contributed by atoms with Gasteiger partial charge < -0.3 is 9.64 Å². The van der Waals surface area contributed by atoms with E-state index in [-0.39, 0.29) is 16.9 Å². The minimum atomic E-state index is -4.44. The van der Waals surface area contributed by atoms with E-state index in [9.17, 15) is 18.0 Å². The summed E-state index contributed by atoms with van der Waals surface area (Å²) < 4.78 is 42.6. The zero-order valence-electron chi connectivity index (χ0n) is 9.38. The monoisotopic (exact) mass is 313 g/mol. The fourth-order valence-corrected chi connectivity index (χ4v) is 1.97. The van der Waals surface area contributed by atoms with Gasteiger partial charge in [-0.2, -0.15) is 13.2 Å².